The minimum absolute atomic E-state index is 0.550. The second-order valence-electron chi connectivity index (χ2n) is 7.37. The molecular weight excluding hydrogens is 462 g/mol. The highest BCUT2D eigenvalue weighted by atomic mass is 16.8. The van der Waals surface area contributed by atoms with Crippen LogP contribution in [0.1, 0.15) is 41.0 Å². The van der Waals surface area contributed by atoms with E-state index in [0.29, 0.717) is 0 Å². The Morgan fingerprint density at radius 2 is 1.50 bits per heavy atom. The monoisotopic (exact) mass is 491 g/mol. The van der Waals surface area contributed by atoms with Crippen LogP contribution in [0.25, 0.3) is 0 Å². The first-order valence-corrected chi connectivity index (χ1v) is 10.1. The molecule has 1 aliphatic heterocycles. The van der Waals surface area contributed by atoms with E-state index < -0.39 is 85.1 Å². The third-order valence-electron chi connectivity index (χ3n) is 4.49. The number of carbonyl (C=O) groups is 6. The third kappa shape index (κ3) is 7.95. The lowest BCUT2D eigenvalue weighted by molar-refractivity contribution is -0.302. The fraction of sp³-hybridized carbons (Fsp3) is 0.700. The molecule has 0 saturated carbocycles. The van der Waals surface area contributed by atoms with Crippen molar-refractivity contribution in [2.45, 2.75) is 77.3 Å². The molecule has 2 N–H and O–H groups in total. The number of esters is 6. The van der Waals surface area contributed by atoms with Gasteiger partial charge in [0.1, 0.15) is 18.8 Å². The molecule has 0 spiro atoms. The lowest BCUT2D eigenvalue weighted by Gasteiger charge is -2.46. The van der Waals surface area contributed by atoms with E-state index in [1.54, 1.807) is 0 Å². The molecule has 0 bridgehead atoms. The van der Waals surface area contributed by atoms with Crippen LogP contribution in [0.5, 0.6) is 0 Å². The quantitative estimate of drug-likeness (QED) is 0.301. The molecule has 192 valence electrons. The fourth-order valence-electron chi connectivity index (χ4n) is 3.36. The predicted octanol–water partition coefficient (Wildman–Crippen LogP) is -1.11. The Balaban J connectivity index is 3.61. The third-order valence-corrected chi connectivity index (χ3v) is 4.49. The van der Waals surface area contributed by atoms with Gasteiger partial charge in [-0.25, -0.2) is 4.79 Å². The molecule has 0 aromatic rings. The molecule has 0 radical (unpaired) electrons. The van der Waals surface area contributed by atoms with Crippen molar-refractivity contribution in [2.75, 3.05) is 13.7 Å². The van der Waals surface area contributed by atoms with Crippen molar-refractivity contribution in [3.63, 3.8) is 0 Å². The topological polar surface area (TPSA) is 193 Å². The molecule has 1 aliphatic rings. The molecule has 1 saturated heterocycles. The second-order valence-corrected chi connectivity index (χ2v) is 7.37. The summed E-state index contributed by atoms with van der Waals surface area (Å²) in [4.78, 5) is 71.1. The maximum atomic E-state index is 12.6. The zero-order chi connectivity index (χ0) is 26.2. The van der Waals surface area contributed by atoms with Crippen molar-refractivity contribution in [3.8, 4) is 0 Å². The van der Waals surface area contributed by atoms with Gasteiger partial charge in [0, 0.05) is 34.6 Å². The van der Waals surface area contributed by atoms with E-state index in [9.17, 15) is 28.8 Å². The summed E-state index contributed by atoms with van der Waals surface area (Å²) in [6, 6.07) is -1.29. The molecule has 1 fully saturated rings. The number of rotatable bonds is 9. The zero-order valence-corrected chi connectivity index (χ0v) is 19.7. The van der Waals surface area contributed by atoms with Crippen LogP contribution >= 0.6 is 0 Å². The van der Waals surface area contributed by atoms with Gasteiger partial charge >= 0.3 is 41.6 Å². The molecule has 14 heteroatoms. The molecule has 0 aliphatic carbocycles. The Morgan fingerprint density at radius 1 is 0.912 bits per heavy atom. The molecule has 0 unspecified atom stereocenters. The van der Waals surface area contributed by atoms with Gasteiger partial charge in [-0.3, -0.25) is 24.0 Å². The van der Waals surface area contributed by atoms with Crippen LogP contribution in [0.2, 0.25) is 0 Å². The van der Waals surface area contributed by atoms with Crippen LogP contribution in [0, 0.1) is 0 Å². The van der Waals surface area contributed by atoms with Crippen LogP contribution in [0.3, 0.4) is 0 Å². The van der Waals surface area contributed by atoms with Crippen molar-refractivity contribution in [1.82, 2.24) is 0 Å². The van der Waals surface area contributed by atoms with Gasteiger partial charge in [-0.1, -0.05) is 0 Å². The summed E-state index contributed by atoms with van der Waals surface area (Å²) in [5.41, 5.74) is 6.23. The Morgan fingerprint density at radius 3 is 1.94 bits per heavy atom. The zero-order valence-electron chi connectivity index (χ0n) is 19.7. The van der Waals surface area contributed by atoms with E-state index in [2.05, 4.69) is 0 Å². The maximum absolute atomic E-state index is 12.6. The van der Waals surface area contributed by atoms with E-state index in [4.69, 9.17) is 38.9 Å². The maximum Gasteiger partial charge on any atom is 0.379 e. The first-order valence-electron chi connectivity index (χ1n) is 10.1. The molecule has 0 aromatic carbocycles. The number of hydrogen-bond acceptors (Lipinski definition) is 14. The predicted molar refractivity (Wildman–Crippen MR) is 107 cm³/mol. The van der Waals surface area contributed by atoms with Crippen LogP contribution in [0.4, 0.5) is 0 Å². The molecular formula is C20H29NO13. The van der Waals surface area contributed by atoms with Crippen LogP contribution < -0.4 is 5.73 Å². The molecule has 6 atom stereocenters. The van der Waals surface area contributed by atoms with Gasteiger partial charge in [0.15, 0.2) is 12.2 Å². The average molecular weight is 491 g/mol. The summed E-state index contributed by atoms with van der Waals surface area (Å²) in [7, 11) is 0.993. The van der Waals surface area contributed by atoms with Crippen LogP contribution in [0.15, 0.2) is 0 Å². The molecule has 0 aromatic heterocycles. The summed E-state index contributed by atoms with van der Waals surface area (Å²) in [6.07, 6.45) is -6.51. The Bertz CT molecular complexity index is 812. The summed E-state index contributed by atoms with van der Waals surface area (Å²) >= 11 is 0. The Labute approximate surface area is 195 Å². The standard InChI is InChI=1S/C20H29NO13/c1-9(22)29-8-15(31-11(3)24)17(32-12(4)25)18-16(21)14(30-10(2)23)7-20(34-18,19(27)28-6)33-13(5)26/h14-18H,7-8,21H2,1-6H3/t14-,15+,16+,17+,18+,20-/m0/s1. The SMILES string of the molecule is COC(=O)[C@]1(OC(C)=O)C[C@H](OC(C)=O)[C@@H](N)[C@H]([C@H](OC(C)=O)[C@@H](COC(C)=O)OC(C)=O)O1. The van der Waals surface area contributed by atoms with Gasteiger partial charge in [0.05, 0.1) is 19.6 Å². The van der Waals surface area contributed by atoms with Gasteiger partial charge in [0.25, 0.3) is 0 Å². The average Bonchev–Trinajstić information content (AvgIpc) is 2.69. The molecule has 1 rings (SSSR count). The summed E-state index contributed by atoms with van der Waals surface area (Å²) in [5, 5.41) is 0. The van der Waals surface area contributed by atoms with Gasteiger partial charge in [0.2, 0.25) is 0 Å². The van der Waals surface area contributed by atoms with E-state index in [1.807, 2.05) is 0 Å². The van der Waals surface area contributed by atoms with E-state index in [0.717, 1.165) is 41.7 Å². The lowest BCUT2D eigenvalue weighted by atomic mass is 9.88. The minimum Gasteiger partial charge on any atom is -0.464 e. The van der Waals surface area contributed by atoms with Gasteiger partial charge in [-0.2, -0.15) is 0 Å². The van der Waals surface area contributed by atoms with Crippen molar-refractivity contribution in [3.05, 3.63) is 0 Å². The highest BCUT2D eigenvalue weighted by molar-refractivity contribution is 5.81. The van der Waals surface area contributed by atoms with Gasteiger partial charge in [-0.05, 0) is 0 Å². The number of methoxy groups -OCH3 is 1. The highest BCUT2D eigenvalue weighted by Gasteiger charge is 2.59. The first kappa shape index (κ1) is 28.8. The van der Waals surface area contributed by atoms with Gasteiger partial charge in [-0.15, -0.1) is 0 Å². The molecule has 1 heterocycles. The second kappa shape index (κ2) is 12.3. The van der Waals surface area contributed by atoms with E-state index in [-0.39, 0.29) is 0 Å². The summed E-state index contributed by atoms with van der Waals surface area (Å²) in [6.45, 7) is 4.65. The largest absolute Gasteiger partial charge is 0.464 e. The minimum atomic E-state index is -2.46. The van der Waals surface area contributed by atoms with Crippen molar-refractivity contribution in [2.24, 2.45) is 5.73 Å². The highest BCUT2D eigenvalue weighted by Crippen LogP contribution is 2.36. The fourth-order valence-corrected chi connectivity index (χ4v) is 3.36. The number of hydrogen-bond donors (Lipinski definition) is 1. The van der Waals surface area contributed by atoms with Gasteiger partial charge < -0.3 is 38.9 Å². The number of carbonyl (C=O) groups excluding carboxylic acids is 6. The summed E-state index contributed by atoms with van der Waals surface area (Å²) in [5.74, 6) is -7.84. The lowest BCUT2D eigenvalue weighted by Crippen LogP contribution is -2.68. The smallest absolute Gasteiger partial charge is 0.379 e. The van der Waals surface area contributed by atoms with Crippen LogP contribution in [-0.2, 0) is 61.9 Å². The normalized spacial score (nSPS) is 25.7. The summed E-state index contributed by atoms with van der Waals surface area (Å²) < 4.78 is 36.1. The van der Waals surface area contributed by atoms with E-state index >= 15 is 0 Å². The van der Waals surface area contributed by atoms with Crippen molar-refractivity contribution >= 4 is 35.8 Å². The number of nitrogens with two attached hydrogens (primary N) is 1. The van der Waals surface area contributed by atoms with Crippen molar-refractivity contribution in [1.29, 1.82) is 0 Å². The van der Waals surface area contributed by atoms with Crippen molar-refractivity contribution < 1.29 is 61.9 Å². The molecule has 14 nitrogen and oxygen atoms in total. The van der Waals surface area contributed by atoms with E-state index in [1.165, 1.54) is 0 Å². The Kier molecular flexibility index (Phi) is 10.4. The number of ether oxygens (including phenoxy) is 7. The Hall–Kier alpha value is -3.26. The molecule has 0 amide bonds. The van der Waals surface area contributed by atoms with Crippen LogP contribution in [-0.4, -0.2) is 85.8 Å². The first-order chi connectivity index (χ1) is 15.7. The molecule has 34 heavy (non-hydrogen) atoms.